The zero-order valence-corrected chi connectivity index (χ0v) is 16.7. The second-order valence-corrected chi connectivity index (χ2v) is 7.82. The number of halogens is 1. The van der Waals surface area contributed by atoms with Crippen LogP contribution in [0.2, 0.25) is 5.02 Å². The fourth-order valence-corrected chi connectivity index (χ4v) is 3.79. The highest BCUT2D eigenvalue weighted by Gasteiger charge is 2.24. The summed E-state index contributed by atoms with van der Waals surface area (Å²) >= 11 is 7.20. The number of benzene rings is 1. The van der Waals surface area contributed by atoms with Gasteiger partial charge in [0.25, 0.3) is 0 Å². The number of aromatic nitrogens is 2. The van der Waals surface area contributed by atoms with Crippen LogP contribution in [0.1, 0.15) is 24.8 Å². The van der Waals surface area contributed by atoms with Crippen LogP contribution in [0.4, 0.5) is 10.3 Å². The number of carbonyl (C=O) groups excluding carboxylic acids is 2. The highest BCUT2D eigenvalue weighted by Crippen LogP contribution is 2.28. The van der Waals surface area contributed by atoms with Crippen LogP contribution in [0.5, 0.6) is 0 Å². The summed E-state index contributed by atoms with van der Waals surface area (Å²) in [4.78, 5) is 27.6. The zero-order valence-electron chi connectivity index (χ0n) is 15.2. The van der Waals surface area contributed by atoms with Crippen LogP contribution < -0.4 is 15.1 Å². The molecule has 1 N–H and O–H groups in total. The van der Waals surface area contributed by atoms with Crippen molar-refractivity contribution in [2.75, 3.05) is 36.5 Å². The Hall–Kier alpha value is -2.19. The second kappa shape index (κ2) is 9.14. The first kappa shape index (κ1) is 19.6. The molecule has 0 unspecified atom stereocenters. The molecule has 0 radical (unpaired) electrons. The SMILES string of the molecule is CN(CC(=O)NCCc1ccc(Cl)cc1)c1nnc(N2CCCCC2=O)s1. The molecule has 3 rings (SSSR count). The molecule has 1 aliphatic heterocycles. The maximum Gasteiger partial charge on any atom is 0.239 e. The van der Waals surface area contributed by atoms with Crippen molar-refractivity contribution in [3.05, 3.63) is 34.9 Å². The minimum Gasteiger partial charge on any atom is -0.354 e. The van der Waals surface area contributed by atoms with E-state index in [1.807, 2.05) is 24.3 Å². The van der Waals surface area contributed by atoms with E-state index in [-0.39, 0.29) is 18.4 Å². The van der Waals surface area contributed by atoms with Crippen LogP contribution in [0, 0.1) is 0 Å². The molecule has 0 bridgehead atoms. The number of nitrogens with zero attached hydrogens (tertiary/aromatic N) is 4. The lowest BCUT2D eigenvalue weighted by molar-refractivity contribution is -0.120. The lowest BCUT2D eigenvalue weighted by Crippen LogP contribution is -2.36. The summed E-state index contributed by atoms with van der Waals surface area (Å²) in [5.74, 6) is 0.00353. The first-order valence-electron chi connectivity index (χ1n) is 8.89. The van der Waals surface area contributed by atoms with Gasteiger partial charge in [0, 0.05) is 31.6 Å². The van der Waals surface area contributed by atoms with Gasteiger partial charge in [-0.2, -0.15) is 0 Å². The molecule has 0 aliphatic carbocycles. The molecule has 1 fully saturated rings. The Morgan fingerprint density at radius 1 is 1.30 bits per heavy atom. The van der Waals surface area contributed by atoms with Crippen LogP contribution >= 0.6 is 22.9 Å². The number of piperidine rings is 1. The molecule has 1 aromatic heterocycles. The van der Waals surface area contributed by atoms with Crippen molar-refractivity contribution in [2.45, 2.75) is 25.7 Å². The minimum absolute atomic E-state index is 0.0859. The van der Waals surface area contributed by atoms with Crippen molar-refractivity contribution in [3.63, 3.8) is 0 Å². The first-order valence-corrected chi connectivity index (χ1v) is 10.1. The number of amides is 2. The van der Waals surface area contributed by atoms with E-state index in [1.54, 1.807) is 16.8 Å². The van der Waals surface area contributed by atoms with Gasteiger partial charge in [0.15, 0.2) is 0 Å². The van der Waals surface area contributed by atoms with Crippen molar-refractivity contribution < 1.29 is 9.59 Å². The third-order valence-electron chi connectivity index (χ3n) is 4.31. The van der Waals surface area contributed by atoms with Gasteiger partial charge in [0.05, 0.1) is 6.54 Å². The van der Waals surface area contributed by atoms with E-state index in [1.165, 1.54) is 11.3 Å². The molecule has 7 nitrogen and oxygen atoms in total. The van der Waals surface area contributed by atoms with Crippen LogP contribution in [0.25, 0.3) is 0 Å². The summed E-state index contributed by atoms with van der Waals surface area (Å²) in [7, 11) is 1.79. The molecule has 144 valence electrons. The normalized spacial score (nSPS) is 14.3. The van der Waals surface area contributed by atoms with E-state index >= 15 is 0 Å². The number of hydrogen-bond donors (Lipinski definition) is 1. The van der Waals surface area contributed by atoms with Crippen LogP contribution in [0.3, 0.4) is 0 Å². The monoisotopic (exact) mass is 407 g/mol. The lowest BCUT2D eigenvalue weighted by atomic mass is 10.1. The van der Waals surface area contributed by atoms with Crippen molar-refractivity contribution in [2.24, 2.45) is 0 Å². The van der Waals surface area contributed by atoms with E-state index in [4.69, 9.17) is 11.6 Å². The Bertz CT molecular complexity index is 795. The van der Waals surface area contributed by atoms with E-state index in [9.17, 15) is 9.59 Å². The van der Waals surface area contributed by atoms with Gasteiger partial charge >= 0.3 is 0 Å². The highest BCUT2D eigenvalue weighted by atomic mass is 35.5. The average Bonchev–Trinajstić information content (AvgIpc) is 3.14. The Morgan fingerprint density at radius 3 is 2.81 bits per heavy atom. The molecule has 2 amide bonds. The predicted molar refractivity (Wildman–Crippen MR) is 108 cm³/mol. The molecule has 2 aromatic rings. The predicted octanol–water partition coefficient (Wildman–Crippen LogP) is 2.50. The molecule has 0 saturated carbocycles. The third-order valence-corrected chi connectivity index (χ3v) is 5.63. The van der Waals surface area contributed by atoms with Gasteiger partial charge < -0.3 is 10.2 Å². The van der Waals surface area contributed by atoms with Gasteiger partial charge in [-0.3, -0.25) is 14.5 Å². The molecule has 0 atom stereocenters. The zero-order chi connectivity index (χ0) is 19.2. The summed E-state index contributed by atoms with van der Waals surface area (Å²) in [5.41, 5.74) is 1.12. The highest BCUT2D eigenvalue weighted by molar-refractivity contribution is 7.19. The summed E-state index contributed by atoms with van der Waals surface area (Å²) in [5, 5.41) is 13.1. The Kier molecular flexibility index (Phi) is 6.63. The molecule has 1 aliphatic rings. The van der Waals surface area contributed by atoms with E-state index in [0.717, 1.165) is 24.8 Å². The fourth-order valence-electron chi connectivity index (χ4n) is 2.82. The number of hydrogen-bond acceptors (Lipinski definition) is 6. The van der Waals surface area contributed by atoms with Gasteiger partial charge in [0.1, 0.15) is 0 Å². The van der Waals surface area contributed by atoms with E-state index in [2.05, 4.69) is 15.5 Å². The summed E-state index contributed by atoms with van der Waals surface area (Å²) in [6, 6.07) is 7.58. The number of likely N-dealkylation sites (N-methyl/N-ethyl adjacent to an activating group) is 1. The Morgan fingerprint density at radius 2 is 2.07 bits per heavy atom. The number of rotatable bonds is 7. The third kappa shape index (κ3) is 5.40. The molecule has 27 heavy (non-hydrogen) atoms. The largest absolute Gasteiger partial charge is 0.354 e. The quantitative estimate of drug-likeness (QED) is 0.762. The number of nitrogens with one attached hydrogen (secondary N) is 1. The van der Waals surface area contributed by atoms with Crippen molar-refractivity contribution in [1.29, 1.82) is 0 Å². The van der Waals surface area contributed by atoms with Crippen LogP contribution in [0.15, 0.2) is 24.3 Å². The van der Waals surface area contributed by atoms with E-state index in [0.29, 0.717) is 34.8 Å². The Balaban J connectivity index is 1.46. The average molecular weight is 408 g/mol. The van der Waals surface area contributed by atoms with Crippen LogP contribution in [-0.2, 0) is 16.0 Å². The smallest absolute Gasteiger partial charge is 0.239 e. The van der Waals surface area contributed by atoms with Gasteiger partial charge in [-0.25, -0.2) is 0 Å². The van der Waals surface area contributed by atoms with Crippen molar-refractivity contribution in [1.82, 2.24) is 15.5 Å². The molecule has 0 spiro atoms. The maximum absolute atomic E-state index is 12.1. The van der Waals surface area contributed by atoms with Gasteiger partial charge in [-0.1, -0.05) is 35.1 Å². The molecule has 1 aromatic carbocycles. The standard InChI is InChI=1S/C18H22ClN5O2S/c1-23(12-15(25)20-10-9-13-5-7-14(19)8-6-13)17-21-22-18(27-17)24-11-3-2-4-16(24)26/h5-8H,2-4,9-12H2,1H3,(H,20,25). The van der Waals surface area contributed by atoms with Gasteiger partial charge in [-0.15, -0.1) is 10.2 Å². The summed E-state index contributed by atoms with van der Waals surface area (Å²) in [6.07, 6.45) is 3.21. The summed E-state index contributed by atoms with van der Waals surface area (Å²) < 4.78 is 0. The first-order chi connectivity index (χ1) is 13.0. The minimum atomic E-state index is -0.0859. The van der Waals surface area contributed by atoms with E-state index < -0.39 is 0 Å². The molecule has 2 heterocycles. The molecule has 9 heteroatoms. The van der Waals surface area contributed by atoms with Gasteiger partial charge in [0.2, 0.25) is 22.1 Å². The topological polar surface area (TPSA) is 78.4 Å². The number of carbonyl (C=O) groups is 2. The van der Waals surface area contributed by atoms with Crippen LogP contribution in [-0.4, -0.2) is 48.7 Å². The lowest BCUT2D eigenvalue weighted by Gasteiger charge is -2.23. The molecular formula is C18H22ClN5O2S. The molecule has 1 saturated heterocycles. The maximum atomic E-state index is 12.1. The van der Waals surface area contributed by atoms with Gasteiger partial charge in [-0.05, 0) is 37.0 Å². The molecular weight excluding hydrogens is 386 g/mol. The second-order valence-electron chi connectivity index (χ2n) is 6.45. The Labute approximate surface area is 167 Å². The fraction of sp³-hybridized carbons (Fsp3) is 0.444. The van der Waals surface area contributed by atoms with Crippen molar-refractivity contribution >= 4 is 45.0 Å². The van der Waals surface area contributed by atoms with Crippen molar-refractivity contribution in [3.8, 4) is 0 Å². The summed E-state index contributed by atoms with van der Waals surface area (Å²) in [6.45, 7) is 1.42. The number of anilines is 2.